The number of amides is 2. The van der Waals surface area contributed by atoms with E-state index >= 15 is 0 Å². The molecule has 3 aromatic rings. The molecule has 0 radical (unpaired) electrons. The fraction of sp³-hybridized carbons (Fsp3) is 0.346. The van der Waals surface area contributed by atoms with Gasteiger partial charge in [0.1, 0.15) is 11.9 Å². The highest BCUT2D eigenvalue weighted by Crippen LogP contribution is 2.28. The van der Waals surface area contributed by atoms with Crippen LogP contribution in [0.1, 0.15) is 35.0 Å². The molecular formula is C26H29FN4O2. The Bertz CT molecular complexity index is 1160. The van der Waals surface area contributed by atoms with Crippen LogP contribution in [0.15, 0.2) is 54.7 Å². The summed E-state index contributed by atoms with van der Waals surface area (Å²) in [7, 11) is 1.80. The van der Waals surface area contributed by atoms with Crippen molar-refractivity contribution in [3.8, 4) is 11.1 Å². The minimum Gasteiger partial charge on any atom is -0.339 e. The topological polar surface area (TPSA) is 58.4 Å². The average Bonchev–Trinajstić information content (AvgIpc) is 3.15. The number of carbonyl (C=O) groups is 2. The zero-order valence-corrected chi connectivity index (χ0v) is 19.3. The van der Waals surface area contributed by atoms with Gasteiger partial charge in [0.2, 0.25) is 5.91 Å². The van der Waals surface area contributed by atoms with Gasteiger partial charge in [0.05, 0.1) is 11.8 Å². The Labute approximate surface area is 193 Å². The van der Waals surface area contributed by atoms with Gasteiger partial charge in [-0.15, -0.1) is 0 Å². The van der Waals surface area contributed by atoms with Crippen LogP contribution in [0.2, 0.25) is 0 Å². The Morgan fingerprint density at radius 3 is 2.52 bits per heavy atom. The highest BCUT2D eigenvalue weighted by Gasteiger charge is 2.38. The van der Waals surface area contributed by atoms with E-state index in [1.807, 2.05) is 43.0 Å². The summed E-state index contributed by atoms with van der Waals surface area (Å²) >= 11 is 0. The molecule has 2 aromatic carbocycles. The summed E-state index contributed by atoms with van der Waals surface area (Å²) in [5.41, 5.74) is 4.05. The molecule has 2 amide bonds. The van der Waals surface area contributed by atoms with Gasteiger partial charge in [-0.25, -0.2) is 4.39 Å². The Balaban J connectivity index is 1.70. The van der Waals surface area contributed by atoms with Gasteiger partial charge in [0.25, 0.3) is 5.91 Å². The Morgan fingerprint density at radius 1 is 1.12 bits per heavy atom. The maximum Gasteiger partial charge on any atom is 0.258 e. The first-order valence-electron chi connectivity index (χ1n) is 11.3. The third kappa shape index (κ3) is 4.53. The van der Waals surface area contributed by atoms with Crippen LogP contribution in [0.3, 0.4) is 0 Å². The van der Waals surface area contributed by atoms with Crippen molar-refractivity contribution in [2.24, 2.45) is 7.05 Å². The Kier molecular flexibility index (Phi) is 6.58. The summed E-state index contributed by atoms with van der Waals surface area (Å²) in [6.07, 6.45) is 2.82. The number of nitrogens with zero attached hydrogens (tertiary/aromatic N) is 4. The molecule has 7 heteroatoms. The lowest BCUT2D eigenvalue weighted by molar-refractivity contribution is -0.140. The summed E-state index contributed by atoms with van der Waals surface area (Å²) in [6, 6.07) is 13.5. The molecule has 1 atom stereocenters. The van der Waals surface area contributed by atoms with Crippen molar-refractivity contribution in [2.45, 2.75) is 32.7 Å². The first kappa shape index (κ1) is 22.7. The van der Waals surface area contributed by atoms with E-state index < -0.39 is 6.04 Å². The van der Waals surface area contributed by atoms with E-state index in [4.69, 9.17) is 0 Å². The van der Waals surface area contributed by atoms with Gasteiger partial charge < -0.3 is 9.80 Å². The molecule has 1 fully saturated rings. The van der Waals surface area contributed by atoms with E-state index in [1.165, 1.54) is 12.1 Å². The van der Waals surface area contributed by atoms with Crippen LogP contribution in [0.4, 0.5) is 4.39 Å². The van der Waals surface area contributed by atoms with Crippen molar-refractivity contribution in [3.05, 3.63) is 77.4 Å². The van der Waals surface area contributed by atoms with Gasteiger partial charge in [0, 0.05) is 38.8 Å². The van der Waals surface area contributed by atoms with E-state index in [2.05, 4.69) is 5.10 Å². The van der Waals surface area contributed by atoms with E-state index in [0.29, 0.717) is 31.6 Å². The van der Waals surface area contributed by atoms with Crippen molar-refractivity contribution in [3.63, 3.8) is 0 Å². The molecule has 1 aliphatic heterocycles. The third-order valence-corrected chi connectivity index (χ3v) is 6.39. The fourth-order valence-electron chi connectivity index (χ4n) is 4.45. The molecule has 0 bridgehead atoms. The van der Waals surface area contributed by atoms with Crippen molar-refractivity contribution in [1.82, 2.24) is 19.6 Å². The second-order valence-electron chi connectivity index (χ2n) is 8.48. The van der Waals surface area contributed by atoms with Gasteiger partial charge in [0.15, 0.2) is 0 Å². The second-order valence-corrected chi connectivity index (χ2v) is 8.48. The molecule has 6 nitrogen and oxygen atoms in total. The van der Waals surface area contributed by atoms with Crippen LogP contribution in [0.5, 0.6) is 0 Å². The standard InChI is InChI=1S/C26H29FN4O2/c1-4-13-30-14-15-31(25(32)23-17-28-29(3)18(23)2)24(26(30)33)16-20-7-5-6-8-22(20)19-9-11-21(27)12-10-19/h5-12,17,24H,4,13-16H2,1-3H3/t24-/m0/s1. The van der Waals surface area contributed by atoms with Gasteiger partial charge >= 0.3 is 0 Å². The van der Waals surface area contributed by atoms with Crippen LogP contribution >= 0.6 is 0 Å². The van der Waals surface area contributed by atoms with Crippen LogP contribution in [-0.2, 0) is 18.3 Å². The molecule has 1 aromatic heterocycles. The van der Waals surface area contributed by atoms with Gasteiger partial charge in [-0.05, 0) is 42.2 Å². The molecule has 1 aliphatic rings. The minimum atomic E-state index is -0.612. The Morgan fingerprint density at radius 2 is 1.85 bits per heavy atom. The Hall–Kier alpha value is -3.48. The van der Waals surface area contributed by atoms with E-state index in [-0.39, 0.29) is 17.6 Å². The lowest BCUT2D eigenvalue weighted by Gasteiger charge is -2.41. The van der Waals surface area contributed by atoms with Crippen LogP contribution in [0, 0.1) is 12.7 Å². The highest BCUT2D eigenvalue weighted by atomic mass is 19.1. The summed E-state index contributed by atoms with van der Waals surface area (Å²) < 4.78 is 15.1. The SMILES string of the molecule is CCCN1CCN(C(=O)c2cnn(C)c2C)[C@@H](Cc2ccccc2-c2ccc(F)cc2)C1=O. The lowest BCUT2D eigenvalue weighted by atomic mass is 9.93. The minimum absolute atomic E-state index is 0.0353. The molecule has 33 heavy (non-hydrogen) atoms. The zero-order chi connectivity index (χ0) is 23.5. The highest BCUT2D eigenvalue weighted by molar-refractivity contribution is 5.99. The molecule has 0 aliphatic carbocycles. The number of aryl methyl sites for hydroxylation is 1. The maximum atomic E-state index is 13.5. The smallest absolute Gasteiger partial charge is 0.258 e. The van der Waals surface area contributed by atoms with Gasteiger partial charge in [-0.3, -0.25) is 14.3 Å². The lowest BCUT2D eigenvalue weighted by Crippen LogP contribution is -2.59. The molecule has 0 unspecified atom stereocenters. The molecule has 0 spiro atoms. The summed E-state index contributed by atoms with van der Waals surface area (Å²) in [5, 5.41) is 4.21. The van der Waals surface area contributed by atoms with Crippen LogP contribution in [-0.4, -0.2) is 57.1 Å². The van der Waals surface area contributed by atoms with Gasteiger partial charge in [-0.2, -0.15) is 5.10 Å². The van der Waals surface area contributed by atoms with Crippen molar-refractivity contribution < 1.29 is 14.0 Å². The van der Waals surface area contributed by atoms with E-state index in [9.17, 15) is 14.0 Å². The molecule has 172 valence electrons. The number of hydrogen-bond donors (Lipinski definition) is 0. The van der Waals surface area contributed by atoms with Gasteiger partial charge in [-0.1, -0.05) is 43.3 Å². The number of rotatable bonds is 6. The largest absolute Gasteiger partial charge is 0.339 e. The number of aromatic nitrogens is 2. The molecule has 4 rings (SSSR count). The van der Waals surface area contributed by atoms with E-state index in [0.717, 1.165) is 28.8 Å². The summed E-state index contributed by atoms with van der Waals surface area (Å²) in [6.45, 7) is 5.57. The second kappa shape index (κ2) is 9.57. The summed E-state index contributed by atoms with van der Waals surface area (Å²) in [5.74, 6) is -0.501. The first-order chi connectivity index (χ1) is 15.9. The third-order valence-electron chi connectivity index (χ3n) is 6.39. The zero-order valence-electron chi connectivity index (χ0n) is 19.3. The monoisotopic (exact) mass is 448 g/mol. The first-order valence-corrected chi connectivity index (χ1v) is 11.3. The van der Waals surface area contributed by atoms with Crippen LogP contribution < -0.4 is 0 Å². The maximum absolute atomic E-state index is 13.5. The summed E-state index contributed by atoms with van der Waals surface area (Å²) in [4.78, 5) is 30.6. The molecule has 2 heterocycles. The number of hydrogen-bond acceptors (Lipinski definition) is 3. The number of benzene rings is 2. The fourth-order valence-corrected chi connectivity index (χ4v) is 4.45. The number of carbonyl (C=O) groups excluding carboxylic acids is 2. The van der Waals surface area contributed by atoms with Crippen molar-refractivity contribution >= 4 is 11.8 Å². The molecule has 1 saturated heterocycles. The van der Waals surface area contributed by atoms with Crippen molar-refractivity contribution in [2.75, 3.05) is 19.6 Å². The predicted octanol–water partition coefficient (Wildman–Crippen LogP) is 3.84. The van der Waals surface area contributed by atoms with Crippen LogP contribution in [0.25, 0.3) is 11.1 Å². The van der Waals surface area contributed by atoms with E-state index in [1.54, 1.807) is 35.0 Å². The average molecular weight is 449 g/mol. The normalized spacial score (nSPS) is 16.4. The predicted molar refractivity (Wildman–Crippen MR) is 125 cm³/mol. The quantitative estimate of drug-likeness (QED) is 0.576. The van der Waals surface area contributed by atoms with Crippen molar-refractivity contribution in [1.29, 1.82) is 0 Å². The molecule has 0 saturated carbocycles. The molecular weight excluding hydrogens is 419 g/mol. The molecule has 0 N–H and O–H groups in total. The number of halogens is 1. The number of piperazine rings is 1.